The van der Waals surface area contributed by atoms with E-state index < -0.39 is 5.82 Å². The fraction of sp³-hybridized carbons (Fsp3) is 0.308. The Hall–Kier alpha value is -0.330. The van der Waals surface area contributed by atoms with Crippen LogP contribution in [0.15, 0.2) is 17.5 Å². The molecular formula is C13H11Cl2FN2S2. The molecule has 0 bridgehead atoms. The van der Waals surface area contributed by atoms with Crippen molar-refractivity contribution < 1.29 is 4.39 Å². The molecule has 1 aliphatic heterocycles. The highest BCUT2D eigenvalue weighted by atomic mass is 35.5. The van der Waals surface area contributed by atoms with Crippen molar-refractivity contribution in [3.05, 3.63) is 38.4 Å². The second-order valence-corrected chi connectivity index (χ2v) is 7.25. The van der Waals surface area contributed by atoms with Gasteiger partial charge in [0.15, 0.2) is 0 Å². The van der Waals surface area contributed by atoms with Crippen molar-refractivity contribution in [3.63, 3.8) is 0 Å². The van der Waals surface area contributed by atoms with Crippen molar-refractivity contribution in [3.8, 4) is 11.3 Å². The van der Waals surface area contributed by atoms with E-state index in [0.717, 1.165) is 23.1 Å². The SMILES string of the molecule is Fc1cc(-c2csc(C3CSCCN3)n2)c(Cl)cc1Cl. The zero-order valence-electron chi connectivity index (χ0n) is 10.3. The molecule has 1 fully saturated rings. The number of hydrogen-bond acceptors (Lipinski definition) is 4. The van der Waals surface area contributed by atoms with Crippen molar-refractivity contribution in [1.82, 2.24) is 10.3 Å². The van der Waals surface area contributed by atoms with Gasteiger partial charge in [0.05, 0.1) is 21.8 Å². The molecule has 3 rings (SSSR count). The van der Waals surface area contributed by atoms with E-state index >= 15 is 0 Å². The van der Waals surface area contributed by atoms with E-state index in [4.69, 9.17) is 23.2 Å². The fourth-order valence-electron chi connectivity index (χ4n) is 2.01. The smallest absolute Gasteiger partial charge is 0.142 e. The standard InChI is InChI=1S/C13H11Cl2FN2S2/c14-8-4-9(15)10(16)3-7(8)11-6-20-13(18-11)12-5-19-2-1-17-12/h3-4,6,12,17H,1-2,5H2. The van der Waals surface area contributed by atoms with E-state index in [9.17, 15) is 4.39 Å². The van der Waals surface area contributed by atoms with Gasteiger partial charge in [0.2, 0.25) is 0 Å². The number of rotatable bonds is 2. The minimum Gasteiger partial charge on any atom is -0.306 e. The molecule has 7 heteroatoms. The van der Waals surface area contributed by atoms with Crippen molar-refractivity contribution in [2.45, 2.75) is 6.04 Å². The number of thioether (sulfide) groups is 1. The molecule has 2 nitrogen and oxygen atoms in total. The van der Waals surface area contributed by atoms with Gasteiger partial charge in [0.25, 0.3) is 0 Å². The maximum atomic E-state index is 13.6. The molecule has 1 atom stereocenters. The maximum absolute atomic E-state index is 13.6. The molecule has 1 aromatic carbocycles. The van der Waals surface area contributed by atoms with Crippen LogP contribution in [0.5, 0.6) is 0 Å². The molecule has 1 saturated heterocycles. The summed E-state index contributed by atoms with van der Waals surface area (Å²) >= 11 is 15.3. The van der Waals surface area contributed by atoms with Crippen LogP contribution < -0.4 is 5.32 Å². The molecule has 1 aromatic heterocycles. The van der Waals surface area contributed by atoms with Crippen LogP contribution in [0, 0.1) is 5.82 Å². The first-order valence-electron chi connectivity index (χ1n) is 6.06. The molecule has 0 aliphatic carbocycles. The lowest BCUT2D eigenvalue weighted by atomic mass is 10.1. The molecule has 0 radical (unpaired) electrons. The molecule has 0 amide bonds. The predicted octanol–water partition coefficient (Wildman–Crippen LogP) is 4.63. The molecule has 0 spiro atoms. The molecule has 106 valence electrons. The van der Waals surface area contributed by atoms with Crippen LogP contribution in [0.3, 0.4) is 0 Å². The van der Waals surface area contributed by atoms with E-state index in [0.29, 0.717) is 16.3 Å². The first-order chi connectivity index (χ1) is 9.65. The second kappa shape index (κ2) is 6.20. The van der Waals surface area contributed by atoms with Gasteiger partial charge in [-0.3, -0.25) is 0 Å². The Morgan fingerprint density at radius 3 is 2.90 bits per heavy atom. The topological polar surface area (TPSA) is 24.9 Å². The molecular weight excluding hydrogens is 338 g/mol. The summed E-state index contributed by atoms with van der Waals surface area (Å²) in [6.07, 6.45) is 0. The largest absolute Gasteiger partial charge is 0.306 e. The quantitative estimate of drug-likeness (QED) is 0.800. The van der Waals surface area contributed by atoms with Gasteiger partial charge in [-0.05, 0) is 12.1 Å². The Balaban J connectivity index is 1.91. The van der Waals surface area contributed by atoms with Gasteiger partial charge in [-0.1, -0.05) is 23.2 Å². The van der Waals surface area contributed by atoms with Crippen LogP contribution in [-0.2, 0) is 0 Å². The summed E-state index contributed by atoms with van der Waals surface area (Å²) in [6.45, 7) is 0.987. The zero-order chi connectivity index (χ0) is 14.1. The third-order valence-corrected chi connectivity index (χ3v) is 5.65. The Labute approximate surface area is 134 Å². The van der Waals surface area contributed by atoms with Gasteiger partial charge < -0.3 is 5.32 Å². The average molecular weight is 349 g/mol. The van der Waals surface area contributed by atoms with E-state index in [1.165, 1.54) is 12.1 Å². The van der Waals surface area contributed by atoms with Gasteiger partial charge >= 0.3 is 0 Å². The Morgan fingerprint density at radius 1 is 1.30 bits per heavy atom. The summed E-state index contributed by atoms with van der Waals surface area (Å²) < 4.78 is 13.6. The molecule has 1 N–H and O–H groups in total. The monoisotopic (exact) mass is 348 g/mol. The summed E-state index contributed by atoms with van der Waals surface area (Å²) in [4.78, 5) is 4.58. The summed E-state index contributed by atoms with van der Waals surface area (Å²) in [5.41, 5.74) is 1.28. The van der Waals surface area contributed by atoms with Gasteiger partial charge in [0.1, 0.15) is 10.8 Å². The van der Waals surface area contributed by atoms with Gasteiger partial charge in [-0.25, -0.2) is 9.37 Å². The fourth-order valence-corrected chi connectivity index (χ4v) is 4.43. The number of halogens is 3. The molecule has 1 unspecified atom stereocenters. The summed E-state index contributed by atoms with van der Waals surface area (Å²) in [5, 5.41) is 6.80. The first-order valence-corrected chi connectivity index (χ1v) is 8.85. The lowest BCUT2D eigenvalue weighted by molar-refractivity contribution is 0.592. The third-order valence-electron chi connectivity index (χ3n) is 3.03. The van der Waals surface area contributed by atoms with Gasteiger partial charge in [-0.2, -0.15) is 11.8 Å². The maximum Gasteiger partial charge on any atom is 0.142 e. The number of nitrogens with one attached hydrogen (secondary N) is 1. The number of benzene rings is 1. The molecule has 0 saturated carbocycles. The average Bonchev–Trinajstić information content (AvgIpc) is 2.93. The van der Waals surface area contributed by atoms with Crippen LogP contribution in [-0.4, -0.2) is 23.0 Å². The van der Waals surface area contributed by atoms with Gasteiger partial charge in [0, 0.05) is 29.0 Å². The Bertz CT molecular complexity index is 627. The van der Waals surface area contributed by atoms with Crippen molar-refractivity contribution in [1.29, 1.82) is 0 Å². The van der Waals surface area contributed by atoms with Crippen molar-refractivity contribution in [2.24, 2.45) is 0 Å². The highest BCUT2D eigenvalue weighted by Crippen LogP contribution is 2.34. The summed E-state index contributed by atoms with van der Waals surface area (Å²) in [7, 11) is 0. The minimum absolute atomic E-state index is 0.0274. The minimum atomic E-state index is -0.480. The van der Waals surface area contributed by atoms with Crippen molar-refractivity contribution in [2.75, 3.05) is 18.1 Å². The second-order valence-electron chi connectivity index (χ2n) is 4.40. The Kier molecular flexibility index (Phi) is 4.52. The van der Waals surface area contributed by atoms with Crippen LogP contribution in [0.4, 0.5) is 4.39 Å². The highest BCUT2D eigenvalue weighted by Gasteiger charge is 2.20. The van der Waals surface area contributed by atoms with Crippen LogP contribution in [0.25, 0.3) is 11.3 Å². The van der Waals surface area contributed by atoms with E-state index in [-0.39, 0.29) is 11.1 Å². The van der Waals surface area contributed by atoms with Crippen LogP contribution >= 0.6 is 46.3 Å². The Morgan fingerprint density at radius 2 is 2.15 bits per heavy atom. The third kappa shape index (κ3) is 2.97. The van der Waals surface area contributed by atoms with Gasteiger partial charge in [-0.15, -0.1) is 11.3 Å². The number of hydrogen-bond donors (Lipinski definition) is 1. The molecule has 2 aromatic rings. The summed E-state index contributed by atoms with van der Waals surface area (Å²) in [5.74, 6) is 1.66. The lowest BCUT2D eigenvalue weighted by Crippen LogP contribution is -2.30. The van der Waals surface area contributed by atoms with Crippen LogP contribution in [0.2, 0.25) is 10.0 Å². The van der Waals surface area contributed by atoms with E-state index in [2.05, 4.69) is 10.3 Å². The number of nitrogens with zero attached hydrogens (tertiary/aromatic N) is 1. The number of aromatic nitrogens is 1. The predicted molar refractivity (Wildman–Crippen MR) is 85.6 cm³/mol. The van der Waals surface area contributed by atoms with E-state index in [1.54, 1.807) is 11.3 Å². The number of thiazole rings is 1. The van der Waals surface area contributed by atoms with Crippen molar-refractivity contribution >= 4 is 46.3 Å². The van der Waals surface area contributed by atoms with Crippen LogP contribution in [0.1, 0.15) is 11.0 Å². The molecule has 1 aliphatic rings. The first kappa shape index (κ1) is 14.6. The van der Waals surface area contributed by atoms with E-state index in [1.807, 2.05) is 17.1 Å². The zero-order valence-corrected chi connectivity index (χ0v) is 13.5. The lowest BCUT2D eigenvalue weighted by Gasteiger charge is -2.20. The molecule has 20 heavy (non-hydrogen) atoms. The summed E-state index contributed by atoms with van der Waals surface area (Å²) in [6, 6.07) is 3.03. The molecule has 2 heterocycles. The highest BCUT2D eigenvalue weighted by molar-refractivity contribution is 7.99. The normalized spacial score (nSPS) is 19.2.